The van der Waals surface area contributed by atoms with Gasteiger partial charge in [0.05, 0.1) is 12.3 Å². The van der Waals surface area contributed by atoms with Crippen molar-refractivity contribution in [1.29, 1.82) is 0 Å². The third kappa shape index (κ3) is 5.75. The highest BCUT2D eigenvalue weighted by atomic mass is 16.6. The number of nitrogens with one attached hydrogen (secondary N) is 1. The van der Waals surface area contributed by atoms with Crippen molar-refractivity contribution >= 4 is 6.09 Å². The van der Waals surface area contributed by atoms with E-state index < -0.39 is 17.1 Å². The van der Waals surface area contributed by atoms with E-state index in [1.807, 2.05) is 47.0 Å². The van der Waals surface area contributed by atoms with E-state index in [2.05, 4.69) is 10.4 Å². The van der Waals surface area contributed by atoms with Crippen molar-refractivity contribution in [2.45, 2.75) is 46.1 Å². The van der Waals surface area contributed by atoms with Gasteiger partial charge >= 0.3 is 6.09 Å². The lowest BCUT2D eigenvalue weighted by atomic mass is 9.81. The van der Waals surface area contributed by atoms with Crippen LogP contribution in [0.5, 0.6) is 0 Å². The van der Waals surface area contributed by atoms with Crippen molar-refractivity contribution in [3.63, 3.8) is 0 Å². The number of alkyl carbamates (subject to hydrolysis) is 1. The second-order valence-electron chi connectivity index (χ2n) is 6.52. The molecular weight excluding hydrogens is 270 g/mol. The van der Waals surface area contributed by atoms with E-state index in [4.69, 9.17) is 4.74 Å². The predicted molar refractivity (Wildman–Crippen MR) is 81.0 cm³/mol. The molecule has 0 aliphatic carbocycles. The van der Waals surface area contributed by atoms with Gasteiger partial charge in [-0.1, -0.05) is 6.92 Å². The van der Waals surface area contributed by atoms with E-state index in [9.17, 15) is 9.90 Å². The van der Waals surface area contributed by atoms with Crippen LogP contribution in [0.4, 0.5) is 4.79 Å². The monoisotopic (exact) mass is 297 g/mol. The summed E-state index contributed by atoms with van der Waals surface area (Å²) in [6, 6.07) is 1.92. The van der Waals surface area contributed by atoms with Crippen LogP contribution in [-0.4, -0.2) is 39.7 Å². The molecular formula is C15H27N3O3. The Balaban J connectivity index is 2.65. The number of hydrogen-bond acceptors (Lipinski definition) is 4. The van der Waals surface area contributed by atoms with Crippen LogP contribution < -0.4 is 5.32 Å². The predicted octanol–water partition coefficient (Wildman–Crippen LogP) is 1.88. The van der Waals surface area contributed by atoms with Crippen molar-refractivity contribution in [2.75, 3.05) is 13.2 Å². The fourth-order valence-electron chi connectivity index (χ4n) is 2.05. The van der Waals surface area contributed by atoms with Gasteiger partial charge in [-0.05, 0) is 33.3 Å². The third-order valence-corrected chi connectivity index (χ3v) is 3.42. The first kappa shape index (κ1) is 17.5. The molecule has 0 spiro atoms. The van der Waals surface area contributed by atoms with Gasteiger partial charge in [0.2, 0.25) is 0 Å². The lowest BCUT2D eigenvalue weighted by molar-refractivity contribution is 0.0460. The average Bonchev–Trinajstić information content (AvgIpc) is 2.78. The summed E-state index contributed by atoms with van der Waals surface area (Å²) in [6.07, 6.45) is 2.75. The molecule has 1 aromatic rings. The fourth-order valence-corrected chi connectivity index (χ4v) is 2.05. The highest BCUT2D eigenvalue weighted by Crippen LogP contribution is 2.25. The Bertz CT molecular complexity index is 459. The second-order valence-corrected chi connectivity index (χ2v) is 6.52. The van der Waals surface area contributed by atoms with E-state index in [0.29, 0.717) is 13.0 Å². The van der Waals surface area contributed by atoms with Crippen molar-refractivity contribution in [2.24, 2.45) is 12.5 Å². The van der Waals surface area contributed by atoms with Crippen LogP contribution in [-0.2, 0) is 18.2 Å². The molecule has 0 bridgehead atoms. The molecule has 0 aromatic carbocycles. The molecule has 6 nitrogen and oxygen atoms in total. The molecule has 1 rings (SSSR count). The number of carbonyl (C=O) groups is 1. The molecule has 1 atom stereocenters. The highest BCUT2D eigenvalue weighted by Gasteiger charge is 2.30. The minimum absolute atomic E-state index is 0.0180. The van der Waals surface area contributed by atoms with Gasteiger partial charge < -0.3 is 15.2 Å². The average molecular weight is 297 g/mol. The van der Waals surface area contributed by atoms with E-state index >= 15 is 0 Å². The number of aromatic nitrogens is 2. The molecule has 0 aliphatic heterocycles. The maximum Gasteiger partial charge on any atom is 0.407 e. The quantitative estimate of drug-likeness (QED) is 0.840. The van der Waals surface area contributed by atoms with Crippen LogP contribution in [0.1, 0.15) is 39.8 Å². The molecule has 2 N–H and O–H groups in total. The van der Waals surface area contributed by atoms with Crippen LogP contribution in [0.3, 0.4) is 0 Å². The first-order valence-electron chi connectivity index (χ1n) is 7.26. The summed E-state index contributed by atoms with van der Waals surface area (Å²) in [5.41, 5.74) is -0.0517. The number of rotatable bonds is 6. The van der Waals surface area contributed by atoms with E-state index in [-0.39, 0.29) is 6.61 Å². The summed E-state index contributed by atoms with van der Waals surface area (Å²) in [7, 11) is 1.86. The molecule has 0 saturated heterocycles. The zero-order chi connectivity index (χ0) is 16.1. The largest absolute Gasteiger partial charge is 0.444 e. The van der Waals surface area contributed by atoms with Crippen LogP contribution in [0.25, 0.3) is 0 Å². The Morgan fingerprint density at radius 2 is 2.14 bits per heavy atom. The van der Waals surface area contributed by atoms with Gasteiger partial charge in [-0.25, -0.2) is 4.79 Å². The normalized spacial score (nSPS) is 14.6. The Kier molecular flexibility index (Phi) is 5.78. The fraction of sp³-hybridized carbons (Fsp3) is 0.733. The Morgan fingerprint density at radius 1 is 1.48 bits per heavy atom. The van der Waals surface area contributed by atoms with E-state index in [1.165, 1.54) is 0 Å². The molecule has 0 fully saturated rings. The maximum atomic E-state index is 11.8. The van der Waals surface area contributed by atoms with E-state index in [0.717, 1.165) is 12.1 Å². The van der Waals surface area contributed by atoms with Gasteiger partial charge in [-0.3, -0.25) is 4.68 Å². The number of aryl methyl sites for hydroxylation is 1. The van der Waals surface area contributed by atoms with Crippen LogP contribution >= 0.6 is 0 Å². The summed E-state index contributed by atoms with van der Waals surface area (Å²) in [6.45, 7) is 7.79. The number of hydrogen-bond donors (Lipinski definition) is 2. The smallest absolute Gasteiger partial charge is 0.407 e. The number of amides is 1. The molecule has 1 amide bonds. The molecule has 0 saturated carbocycles. The van der Waals surface area contributed by atoms with Gasteiger partial charge in [0.15, 0.2) is 0 Å². The van der Waals surface area contributed by atoms with Gasteiger partial charge in [-0.2, -0.15) is 5.10 Å². The first-order valence-corrected chi connectivity index (χ1v) is 7.26. The van der Waals surface area contributed by atoms with E-state index in [1.54, 1.807) is 4.68 Å². The highest BCUT2D eigenvalue weighted by molar-refractivity contribution is 5.67. The minimum Gasteiger partial charge on any atom is -0.444 e. The number of aliphatic hydroxyl groups is 1. The van der Waals surface area contributed by atoms with Crippen molar-refractivity contribution in [3.05, 3.63) is 18.0 Å². The molecule has 120 valence electrons. The molecule has 1 heterocycles. The molecule has 0 radical (unpaired) electrons. The number of aliphatic hydroxyl groups excluding tert-OH is 1. The maximum absolute atomic E-state index is 11.8. The molecule has 6 heteroatoms. The van der Waals surface area contributed by atoms with Gasteiger partial charge in [0.25, 0.3) is 0 Å². The zero-order valence-electron chi connectivity index (χ0n) is 13.6. The van der Waals surface area contributed by atoms with Gasteiger partial charge in [-0.15, -0.1) is 0 Å². The zero-order valence-corrected chi connectivity index (χ0v) is 13.6. The lowest BCUT2D eigenvalue weighted by Crippen LogP contribution is -2.43. The Labute approximate surface area is 126 Å². The summed E-state index contributed by atoms with van der Waals surface area (Å²) in [5, 5.41) is 16.9. The number of carbonyl (C=O) groups excluding carboxylic acids is 1. The number of nitrogens with zero attached hydrogens (tertiary/aromatic N) is 2. The molecule has 1 unspecified atom stereocenters. The standard InChI is InChI=1S/C15H27N3O3/c1-6-15(11-19,9-12-7-8-18(5)17-12)10-16-13(20)21-14(2,3)4/h7-8,19H,6,9-11H2,1-5H3,(H,16,20). The molecule has 0 aliphatic rings. The lowest BCUT2D eigenvalue weighted by Gasteiger charge is -2.31. The number of ether oxygens (including phenoxy) is 1. The Hall–Kier alpha value is -1.56. The Morgan fingerprint density at radius 3 is 2.57 bits per heavy atom. The summed E-state index contributed by atoms with van der Waals surface area (Å²) in [4.78, 5) is 11.8. The summed E-state index contributed by atoms with van der Waals surface area (Å²) >= 11 is 0. The SMILES string of the molecule is CCC(CO)(CNC(=O)OC(C)(C)C)Cc1ccn(C)n1. The molecule has 21 heavy (non-hydrogen) atoms. The van der Waals surface area contributed by atoms with Crippen molar-refractivity contribution in [3.8, 4) is 0 Å². The summed E-state index contributed by atoms with van der Waals surface area (Å²) < 4.78 is 6.96. The van der Waals surface area contributed by atoms with Gasteiger partial charge in [0.1, 0.15) is 5.60 Å². The third-order valence-electron chi connectivity index (χ3n) is 3.42. The van der Waals surface area contributed by atoms with Crippen LogP contribution in [0.15, 0.2) is 12.3 Å². The molecule has 1 aromatic heterocycles. The second kappa shape index (κ2) is 6.93. The first-order chi connectivity index (χ1) is 9.69. The van der Waals surface area contributed by atoms with Crippen molar-refractivity contribution < 1.29 is 14.6 Å². The summed E-state index contributed by atoms with van der Waals surface area (Å²) in [5.74, 6) is 0. The van der Waals surface area contributed by atoms with Crippen molar-refractivity contribution in [1.82, 2.24) is 15.1 Å². The van der Waals surface area contributed by atoms with Gasteiger partial charge in [0, 0.05) is 31.6 Å². The topological polar surface area (TPSA) is 76.4 Å². The minimum atomic E-state index is -0.529. The van der Waals surface area contributed by atoms with Crippen LogP contribution in [0.2, 0.25) is 0 Å². The van der Waals surface area contributed by atoms with Crippen LogP contribution in [0, 0.1) is 5.41 Å².